The summed E-state index contributed by atoms with van der Waals surface area (Å²) in [6.45, 7) is 5.70. The molecule has 0 aliphatic carbocycles. The van der Waals surface area contributed by atoms with Crippen LogP contribution in [0.3, 0.4) is 0 Å². The topological polar surface area (TPSA) is 108 Å². The van der Waals surface area contributed by atoms with Crippen molar-refractivity contribution < 1.29 is 19.0 Å². The minimum absolute atomic E-state index is 0.0561. The lowest BCUT2D eigenvalue weighted by molar-refractivity contribution is -0.116. The van der Waals surface area contributed by atoms with Gasteiger partial charge >= 0.3 is 0 Å². The third-order valence-electron chi connectivity index (χ3n) is 3.36. The molecule has 0 fully saturated rings. The van der Waals surface area contributed by atoms with Crippen LogP contribution in [0.15, 0.2) is 24.3 Å². The van der Waals surface area contributed by atoms with Crippen molar-refractivity contribution in [1.82, 2.24) is 10.4 Å². The SMILES string of the molecule is CCCC(=O)Nc1ccc(C(=O)NCCNP(=O)(O)C(C)C)cc1. The van der Waals surface area contributed by atoms with Crippen molar-refractivity contribution in [1.29, 1.82) is 0 Å². The summed E-state index contributed by atoms with van der Waals surface area (Å²) in [5.41, 5.74) is 0.730. The van der Waals surface area contributed by atoms with Gasteiger partial charge in [-0.1, -0.05) is 20.8 Å². The predicted molar refractivity (Wildman–Crippen MR) is 95.3 cm³/mol. The number of hydrogen-bond acceptors (Lipinski definition) is 3. The van der Waals surface area contributed by atoms with Gasteiger partial charge in [0.15, 0.2) is 0 Å². The average Bonchev–Trinajstić information content (AvgIpc) is 2.52. The first kappa shape index (κ1) is 20.4. The molecule has 0 aliphatic heterocycles. The molecule has 4 N–H and O–H groups in total. The Hall–Kier alpha value is -1.69. The van der Waals surface area contributed by atoms with Gasteiger partial charge in [0.1, 0.15) is 0 Å². The summed E-state index contributed by atoms with van der Waals surface area (Å²) in [5, 5.41) is 7.98. The molecule has 24 heavy (non-hydrogen) atoms. The molecule has 0 bridgehead atoms. The van der Waals surface area contributed by atoms with Crippen molar-refractivity contribution in [2.24, 2.45) is 0 Å². The molecule has 0 radical (unpaired) electrons. The summed E-state index contributed by atoms with van der Waals surface area (Å²) < 4.78 is 11.7. The minimum atomic E-state index is -3.36. The smallest absolute Gasteiger partial charge is 0.269 e. The molecule has 0 saturated carbocycles. The Morgan fingerprint density at radius 2 is 1.79 bits per heavy atom. The molecule has 0 aromatic heterocycles. The van der Waals surface area contributed by atoms with Crippen LogP contribution in [0.2, 0.25) is 0 Å². The molecule has 7 nitrogen and oxygen atoms in total. The van der Waals surface area contributed by atoms with Crippen LogP contribution >= 0.6 is 7.52 Å². The fraction of sp³-hybridized carbons (Fsp3) is 0.500. The van der Waals surface area contributed by atoms with Crippen LogP contribution in [0.25, 0.3) is 0 Å². The minimum Gasteiger partial charge on any atom is -0.351 e. The quantitative estimate of drug-likeness (QED) is 0.402. The maximum absolute atomic E-state index is 12.0. The molecular formula is C16H26N3O4P. The Kier molecular flexibility index (Phi) is 8.11. The van der Waals surface area contributed by atoms with Gasteiger partial charge in [0.2, 0.25) is 5.91 Å². The number of hydrogen-bond donors (Lipinski definition) is 4. The summed E-state index contributed by atoms with van der Waals surface area (Å²) in [7, 11) is -3.36. The first-order valence-electron chi connectivity index (χ1n) is 8.02. The zero-order valence-corrected chi connectivity index (χ0v) is 15.2. The molecule has 1 atom stereocenters. The molecule has 1 aromatic rings. The van der Waals surface area contributed by atoms with Gasteiger partial charge in [-0.05, 0) is 30.7 Å². The molecule has 8 heteroatoms. The van der Waals surface area contributed by atoms with Crippen LogP contribution in [0.5, 0.6) is 0 Å². The fourth-order valence-electron chi connectivity index (χ4n) is 1.83. The molecule has 0 saturated heterocycles. The van der Waals surface area contributed by atoms with Gasteiger partial charge in [-0.25, -0.2) is 5.09 Å². The van der Waals surface area contributed by atoms with E-state index < -0.39 is 7.52 Å². The molecule has 134 valence electrons. The number of benzene rings is 1. The number of carbonyl (C=O) groups is 2. The second kappa shape index (κ2) is 9.57. The largest absolute Gasteiger partial charge is 0.351 e. The second-order valence-electron chi connectivity index (χ2n) is 5.76. The zero-order chi connectivity index (χ0) is 18.2. The number of anilines is 1. The number of carbonyl (C=O) groups excluding carboxylic acids is 2. The highest BCUT2D eigenvalue weighted by Crippen LogP contribution is 2.40. The van der Waals surface area contributed by atoms with Gasteiger partial charge < -0.3 is 15.5 Å². The van der Waals surface area contributed by atoms with Gasteiger partial charge in [0.05, 0.1) is 0 Å². The summed E-state index contributed by atoms with van der Waals surface area (Å²) in [5.74, 6) is -0.333. The number of amides is 2. The molecule has 0 heterocycles. The van der Waals surface area contributed by atoms with Gasteiger partial charge in [0.25, 0.3) is 13.4 Å². The van der Waals surface area contributed by atoms with E-state index in [2.05, 4.69) is 15.7 Å². The van der Waals surface area contributed by atoms with Gasteiger partial charge in [0, 0.05) is 36.4 Å². The molecule has 1 rings (SSSR count). The maximum atomic E-state index is 12.0. The molecule has 1 unspecified atom stereocenters. The van der Waals surface area contributed by atoms with E-state index in [9.17, 15) is 19.0 Å². The number of nitrogens with one attached hydrogen (secondary N) is 3. The maximum Gasteiger partial charge on any atom is 0.269 e. The van der Waals surface area contributed by atoms with Gasteiger partial charge in [-0.15, -0.1) is 0 Å². The van der Waals surface area contributed by atoms with E-state index in [4.69, 9.17) is 0 Å². The van der Waals surface area contributed by atoms with E-state index in [1.54, 1.807) is 38.1 Å². The second-order valence-corrected chi connectivity index (χ2v) is 8.35. The number of rotatable bonds is 9. The van der Waals surface area contributed by atoms with Crippen molar-refractivity contribution >= 4 is 25.0 Å². The standard InChI is InChI=1S/C16H26N3O4P/c1-4-5-15(20)19-14-8-6-13(7-9-14)16(21)17-10-11-18-24(22,23)12(2)3/h6-9,12H,4-5,10-11H2,1-3H3,(H,17,21)(H,19,20)(H2,18,22,23). The lowest BCUT2D eigenvalue weighted by atomic mass is 10.2. The lowest BCUT2D eigenvalue weighted by Gasteiger charge is -2.16. The molecular weight excluding hydrogens is 329 g/mol. The summed E-state index contributed by atoms with van der Waals surface area (Å²) in [4.78, 5) is 33.1. The highest BCUT2D eigenvalue weighted by molar-refractivity contribution is 7.56. The van der Waals surface area contributed by atoms with Crippen LogP contribution in [-0.4, -0.2) is 35.5 Å². The van der Waals surface area contributed by atoms with E-state index in [1.165, 1.54) is 0 Å². The summed E-state index contributed by atoms with van der Waals surface area (Å²) >= 11 is 0. The van der Waals surface area contributed by atoms with Crippen LogP contribution < -0.4 is 15.7 Å². The van der Waals surface area contributed by atoms with Gasteiger partial charge in [-0.3, -0.25) is 14.2 Å². The van der Waals surface area contributed by atoms with Crippen molar-refractivity contribution in [2.45, 2.75) is 39.3 Å². The Labute approximate surface area is 142 Å². The Morgan fingerprint density at radius 3 is 2.33 bits per heavy atom. The Bertz CT molecular complexity index is 602. The first-order valence-corrected chi connectivity index (χ1v) is 9.75. The van der Waals surface area contributed by atoms with E-state index in [0.717, 1.165) is 6.42 Å². The third-order valence-corrected chi connectivity index (χ3v) is 5.43. The van der Waals surface area contributed by atoms with Gasteiger partial charge in [-0.2, -0.15) is 0 Å². The zero-order valence-electron chi connectivity index (χ0n) is 14.3. The van der Waals surface area contributed by atoms with Crippen molar-refractivity contribution in [3.63, 3.8) is 0 Å². The van der Waals surface area contributed by atoms with E-state index in [0.29, 0.717) is 17.7 Å². The highest BCUT2D eigenvalue weighted by atomic mass is 31.2. The van der Waals surface area contributed by atoms with E-state index in [-0.39, 0.29) is 30.6 Å². The van der Waals surface area contributed by atoms with Crippen LogP contribution in [0.4, 0.5) is 5.69 Å². The monoisotopic (exact) mass is 355 g/mol. The van der Waals surface area contributed by atoms with Crippen LogP contribution in [0.1, 0.15) is 44.0 Å². The predicted octanol–water partition coefficient (Wildman–Crippen LogP) is 2.34. The highest BCUT2D eigenvalue weighted by Gasteiger charge is 2.21. The van der Waals surface area contributed by atoms with Crippen molar-refractivity contribution in [3.05, 3.63) is 29.8 Å². The summed E-state index contributed by atoms with van der Waals surface area (Å²) in [6.07, 6.45) is 1.23. The molecule has 0 aliphatic rings. The first-order chi connectivity index (χ1) is 11.3. The van der Waals surface area contributed by atoms with Crippen LogP contribution in [0, 0.1) is 0 Å². The fourth-order valence-corrected chi connectivity index (χ4v) is 2.63. The van der Waals surface area contributed by atoms with E-state index >= 15 is 0 Å². The van der Waals surface area contributed by atoms with E-state index in [1.807, 2.05) is 6.92 Å². The van der Waals surface area contributed by atoms with Crippen molar-refractivity contribution in [3.8, 4) is 0 Å². The normalized spacial score (nSPS) is 13.4. The van der Waals surface area contributed by atoms with Crippen molar-refractivity contribution in [2.75, 3.05) is 18.4 Å². The Morgan fingerprint density at radius 1 is 1.17 bits per heavy atom. The summed E-state index contributed by atoms with van der Waals surface area (Å²) in [6, 6.07) is 6.58. The average molecular weight is 355 g/mol. The molecule has 2 amide bonds. The molecule has 0 spiro atoms. The Balaban J connectivity index is 2.43. The third kappa shape index (κ3) is 6.83. The molecule has 1 aromatic carbocycles. The van der Waals surface area contributed by atoms with Crippen LogP contribution in [-0.2, 0) is 9.36 Å². The lowest BCUT2D eigenvalue weighted by Crippen LogP contribution is -2.31.